The highest BCUT2D eigenvalue weighted by Crippen LogP contribution is 2.35. The molecule has 0 aliphatic carbocycles. The number of allylic oxidation sites excluding steroid dienone is 1. The maximum atomic E-state index is 15.3. The maximum absolute atomic E-state index is 15.3. The monoisotopic (exact) mass is 647 g/mol. The number of alkyl halides is 1. The summed E-state index contributed by atoms with van der Waals surface area (Å²) >= 11 is 0. The van der Waals surface area contributed by atoms with Crippen molar-refractivity contribution in [2.45, 2.75) is 31.2 Å². The predicted octanol–water partition coefficient (Wildman–Crippen LogP) is 5.76. The smallest absolute Gasteiger partial charge is 0.150 e. The van der Waals surface area contributed by atoms with Gasteiger partial charge in [0.15, 0.2) is 0 Å². The number of halogens is 2. The normalized spacial score (nSPS) is 18.3. The van der Waals surface area contributed by atoms with Gasteiger partial charge in [0.2, 0.25) is 0 Å². The van der Waals surface area contributed by atoms with Crippen molar-refractivity contribution in [2.75, 3.05) is 63.0 Å². The van der Waals surface area contributed by atoms with E-state index in [-0.39, 0.29) is 12.2 Å². The number of carbonyl (C=O) groups is 1. The Hall–Kier alpha value is -4.88. The quantitative estimate of drug-likeness (QED) is 0.162. The van der Waals surface area contributed by atoms with Gasteiger partial charge in [-0.2, -0.15) is 0 Å². The molecule has 2 aromatic carbocycles. The molecule has 0 amide bonds. The second-order valence-electron chi connectivity index (χ2n) is 11.3. The van der Waals surface area contributed by atoms with Gasteiger partial charge in [-0.05, 0) is 63.3 Å². The van der Waals surface area contributed by atoms with Crippen LogP contribution in [0.25, 0.3) is 10.9 Å². The van der Waals surface area contributed by atoms with Crippen molar-refractivity contribution in [1.29, 1.82) is 0 Å². The molecule has 4 aromatic rings. The van der Waals surface area contributed by atoms with Crippen LogP contribution in [-0.4, -0.2) is 91.9 Å². The third kappa shape index (κ3) is 8.29. The molecule has 13 heteroatoms. The Morgan fingerprint density at radius 3 is 2.45 bits per heavy atom. The zero-order valence-electron chi connectivity index (χ0n) is 26.7. The molecule has 2 aliphatic rings. The number of pyridine rings is 1. The predicted molar refractivity (Wildman–Crippen MR) is 178 cm³/mol. The lowest BCUT2D eigenvalue weighted by Gasteiger charge is -2.30. The lowest BCUT2D eigenvalue weighted by atomic mass is 10.0. The summed E-state index contributed by atoms with van der Waals surface area (Å²) < 4.78 is 46.3. The summed E-state index contributed by atoms with van der Waals surface area (Å²) in [5.74, 6) is 1.98. The van der Waals surface area contributed by atoms with Gasteiger partial charge < -0.3 is 34.6 Å². The fourth-order valence-electron chi connectivity index (χ4n) is 5.54. The van der Waals surface area contributed by atoms with E-state index in [4.69, 9.17) is 19.0 Å². The first-order chi connectivity index (χ1) is 22.8. The third-order valence-corrected chi connectivity index (χ3v) is 8.10. The third-order valence-electron chi connectivity index (χ3n) is 8.10. The first-order valence-electron chi connectivity index (χ1n) is 15.3. The Labute approximate surface area is 272 Å². The number of hydrogen-bond acceptors (Lipinski definition) is 11. The van der Waals surface area contributed by atoms with Crippen LogP contribution < -0.4 is 25.0 Å². The van der Waals surface area contributed by atoms with Gasteiger partial charge in [0, 0.05) is 49.5 Å². The van der Waals surface area contributed by atoms with Crippen molar-refractivity contribution in [3.8, 4) is 17.2 Å². The minimum absolute atomic E-state index is 0.185. The summed E-state index contributed by atoms with van der Waals surface area (Å²) in [5.41, 5.74) is 1.75. The molecule has 4 heterocycles. The largest absolute Gasteiger partial charge is 0.495 e. The minimum Gasteiger partial charge on any atom is -0.495 e. The molecule has 2 unspecified atom stereocenters. The number of methoxy groups -OCH3 is 2. The number of aldehydes is 1. The molecular weight excluding hydrogens is 608 g/mol. The fraction of sp³-hybridized carbons (Fsp3) is 0.353. The summed E-state index contributed by atoms with van der Waals surface area (Å²) in [5, 5.41) is 7.47. The van der Waals surface area contributed by atoms with Crippen LogP contribution in [0.2, 0.25) is 0 Å². The number of ether oxygens (including phenoxy) is 3. The van der Waals surface area contributed by atoms with Crippen LogP contribution in [0.5, 0.6) is 17.2 Å². The molecule has 0 spiro atoms. The number of likely N-dealkylation sites (tertiary alicyclic amines) is 1. The van der Waals surface area contributed by atoms with E-state index >= 15 is 4.39 Å². The second kappa shape index (κ2) is 15.6. The Bertz CT molecular complexity index is 1680. The molecule has 248 valence electrons. The van der Waals surface area contributed by atoms with Gasteiger partial charge in [-0.25, -0.2) is 23.7 Å². The Morgan fingerprint density at radius 1 is 1.00 bits per heavy atom. The number of nitrogens with zero attached hydrogens (tertiary/aromatic N) is 5. The maximum Gasteiger partial charge on any atom is 0.150 e. The number of anilines is 4. The molecule has 2 fully saturated rings. The summed E-state index contributed by atoms with van der Waals surface area (Å²) in [7, 11) is 5.26. The molecule has 6 rings (SSSR count). The van der Waals surface area contributed by atoms with E-state index < -0.39 is 18.1 Å². The van der Waals surface area contributed by atoms with Crippen LogP contribution in [0.15, 0.2) is 67.6 Å². The summed E-state index contributed by atoms with van der Waals surface area (Å²) in [6, 6.07) is 12.1. The molecule has 2 aromatic heterocycles. The molecule has 47 heavy (non-hydrogen) atoms. The molecule has 0 radical (unpaired) electrons. The molecule has 2 N–H and O–H groups in total. The van der Waals surface area contributed by atoms with E-state index in [0.717, 1.165) is 37.0 Å². The number of piperidine rings is 1. The highest BCUT2D eigenvalue weighted by Gasteiger charge is 2.33. The van der Waals surface area contributed by atoms with Crippen LogP contribution in [0.3, 0.4) is 0 Å². The molecule has 0 bridgehead atoms. The number of nitrogens with one attached hydrogen (secondary N) is 2. The van der Waals surface area contributed by atoms with Crippen LogP contribution in [-0.2, 0) is 9.53 Å². The minimum atomic E-state index is -1.10. The van der Waals surface area contributed by atoms with E-state index in [9.17, 15) is 4.39 Å². The summed E-state index contributed by atoms with van der Waals surface area (Å²) in [4.78, 5) is 26.3. The van der Waals surface area contributed by atoms with Gasteiger partial charge in [0.05, 0.1) is 30.5 Å². The van der Waals surface area contributed by atoms with Crippen LogP contribution >= 0.6 is 0 Å². The second-order valence-corrected chi connectivity index (χ2v) is 11.3. The standard InChI is InChI=1S/C31H35F2N7O3.C3H4O/c1-39-10-7-19(8-11-39)37-27-14-22-26(15-28(27)41-2)35-18-36-31(22)38-25-5-4-20(12-23(25)32)43-21-6-9-34-30(13-21)40-16-24(33)29(17-40)42-3;1-2-3-4/h4-6,9,12-15,18-19,24,29,37H,7-8,10-11,16-17H2,1-3H3,(H,35,36,38);2-3H,1H2. The number of carbonyl (C=O) groups excluding carboxylic acids is 1. The van der Waals surface area contributed by atoms with Gasteiger partial charge in [-0.3, -0.25) is 4.79 Å². The van der Waals surface area contributed by atoms with E-state index in [1.54, 1.807) is 42.5 Å². The number of benzene rings is 2. The Morgan fingerprint density at radius 2 is 1.77 bits per heavy atom. The van der Waals surface area contributed by atoms with E-state index in [1.807, 2.05) is 12.1 Å². The van der Waals surface area contributed by atoms with Gasteiger partial charge in [0.25, 0.3) is 0 Å². The summed E-state index contributed by atoms with van der Waals surface area (Å²) in [6.45, 7) is 5.74. The van der Waals surface area contributed by atoms with Crippen molar-refractivity contribution in [2.24, 2.45) is 0 Å². The molecule has 2 aliphatic heterocycles. The molecule has 2 atom stereocenters. The van der Waals surface area contributed by atoms with Gasteiger partial charge in [0.1, 0.15) is 59.6 Å². The van der Waals surface area contributed by atoms with Gasteiger partial charge in [-0.15, -0.1) is 0 Å². The SMILES string of the molecule is C=CC=O.COc1cc2ncnc(Nc3ccc(Oc4ccnc(N5CC(F)C(OC)C5)c4)cc3F)c2cc1NC1CCN(C)CC1. The molecular formula is C34H39F2N7O4. The zero-order valence-corrected chi connectivity index (χ0v) is 26.7. The highest BCUT2D eigenvalue weighted by molar-refractivity contribution is 5.95. The zero-order chi connectivity index (χ0) is 33.3. The van der Waals surface area contributed by atoms with Crippen LogP contribution in [0.4, 0.5) is 31.8 Å². The number of hydrogen-bond donors (Lipinski definition) is 2. The number of aromatic nitrogens is 3. The first-order valence-corrected chi connectivity index (χ1v) is 15.3. The number of fused-ring (bicyclic) bond motifs is 1. The Balaban J connectivity index is 0.00000103. The van der Waals surface area contributed by atoms with Crippen molar-refractivity contribution < 1.29 is 27.8 Å². The highest BCUT2D eigenvalue weighted by atomic mass is 19.1. The van der Waals surface area contributed by atoms with Crippen molar-refractivity contribution in [3.05, 3.63) is 73.5 Å². The Kier molecular flexibility index (Phi) is 11.1. The lowest BCUT2D eigenvalue weighted by molar-refractivity contribution is -0.104. The van der Waals surface area contributed by atoms with Crippen molar-refractivity contribution in [3.63, 3.8) is 0 Å². The number of rotatable bonds is 10. The average molecular weight is 648 g/mol. The fourth-order valence-corrected chi connectivity index (χ4v) is 5.54. The summed E-state index contributed by atoms with van der Waals surface area (Å²) in [6.07, 6.45) is 5.30. The van der Waals surface area contributed by atoms with Crippen molar-refractivity contribution in [1.82, 2.24) is 19.9 Å². The van der Waals surface area contributed by atoms with Gasteiger partial charge >= 0.3 is 0 Å². The van der Waals surface area contributed by atoms with Crippen LogP contribution in [0.1, 0.15) is 12.8 Å². The molecule has 2 saturated heterocycles. The van der Waals surface area contributed by atoms with Gasteiger partial charge in [-0.1, -0.05) is 6.58 Å². The lowest BCUT2D eigenvalue weighted by Crippen LogP contribution is -2.36. The average Bonchev–Trinajstić information content (AvgIpc) is 3.47. The van der Waals surface area contributed by atoms with E-state index in [2.05, 4.69) is 44.1 Å². The molecule has 11 nitrogen and oxygen atoms in total. The topological polar surface area (TPSA) is 114 Å². The first kappa shape index (κ1) is 33.5. The van der Waals surface area contributed by atoms with Crippen LogP contribution in [0, 0.1) is 5.82 Å². The van der Waals surface area contributed by atoms with E-state index in [1.165, 1.54) is 25.6 Å². The van der Waals surface area contributed by atoms with Crippen molar-refractivity contribution >= 4 is 40.2 Å². The molecule has 0 saturated carbocycles. The van der Waals surface area contributed by atoms with E-state index in [0.29, 0.717) is 53.3 Å².